The van der Waals surface area contributed by atoms with E-state index in [1.165, 1.54) is 5.69 Å². The molecule has 0 N–H and O–H groups in total. The van der Waals surface area contributed by atoms with E-state index in [1.54, 1.807) is 19.6 Å². The molecular weight excluding hydrogens is 368 g/mol. The zero-order valence-electron chi connectivity index (χ0n) is 17.1. The van der Waals surface area contributed by atoms with Crippen LogP contribution in [0.1, 0.15) is 19.5 Å². The topological polar surface area (TPSA) is 76.5 Å². The number of fused-ring (bicyclic) bond motifs is 1. The van der Waals surface area contributed by atoms with Crippen LogP contribution < -0.4 is 14.4 Å². The smallest absolute Gasteiger partial charge is 0.316 e. The van der Waals surface area contributed by atoms with Gasteiger partial charge in [0.05, 0.1) is 29.8 Å². The highest BCUT2D eigenvalue weighted by Gasteiger charge is 2.19. The summed E-state index contributed by atoms with van der Waals surface area (Å²) in [6, 6.07) is 8.66. The normalized spacial score (nSPS) is 15.1. The summed E-state index contributed by atoms with van der Waals surface area (Å²) in [4.78, 5) is 22.0. The van der Waals surface area contributed by atoms with E-state index in [0.717, 1.165) is 49.3 Å². The van der Waals surface area contributed by atoms with Crippen LogP contribution in [0.25, 0.3) is 10.9 Å². The molecule has 0 bridgehead atoms. The molecule has 0 atom stereocenters. The van der Waals surface area contributed by atoms with Gasteiger partial charge in [0.25, 0.3) is 0 Å². The number of anilines is 1. The molecule has 0 amide bonds. The second kappa shape index (κ2) is 8.57. The van der Waals surface area contributed by atoms with Crippen LogP contribution in [0.4, 0.5) is 5.69 Å². The molecule has 3 heterocycles. The third kappa shape index (κ3) is 4.54. The van der Waals surface area contributed by atoms with Gasteiger partial charge in [0.15, 0.2) is 0 Å². The number of nitrogens with zero attached hydrogens (tertiary/aromatic N) is 6. The molecule has 0 radical (unpaired) electrons. The predicted molar refractivity (Wildman–Crippen MR) is 111 cm³/mol. The van der Waals surface area contributed by atoms with E-state index in [1.807, 2.05) is 26.0 Å². The number of ether oxygens (including phenoxy) is 2. The van der Waals surface area contributed by atoms with E-state index in [2.05, 4.69) is 41.9 Å². The molecule has 0 spiro atoms. The molecule has 3 aromatic rings. The van der Waals surface area contributed by atoms with Crippen LogP contribution in [0.5, 0.6) is 11.9 Å². The third-order valence-electron chi connectivity index (χ3n) is 4.93. The maximum absolute atomic E-state index is 5.87. The molecule has 29 heavy (non-hydrogen) atoms. The van der Waals surface area contributed by atoms with Crippen LogP contribution >= 0.6 is 0 Å². The molecular formula is C21H26N6O2. The number of benzene rings is 1. The second-order valence-electron chi connectivity index (χ2n) is 7.34. The van der Waals surface area contributed by atoms with Gasteiger partial charge in [0, 0.05) is 44.6 Å². The minimum atomic E-state index is 0.0701. The summed E-state index contributed by atoms with van der Waals surface area (Å²) in [5, 5.41) is 0.953. The van der Waals surface area contributed by atoms with E-state index in [9.17, 15) is 0 Å². The van der Waals surface area contributed by atoms with E-state index in [0.29, 0.717) is 11.9 Å². The minimum Gasteiger partial charge on any atom is -0.474 e. The molecule has 0 saturated carbocycles. The van der Waals surface area contributed by atoms with Crippen molar-refractivity contribution in [3.05, 3.63) is 42.5 Å². The fourth-order valence-electron chi connectivity index (χ4n) is 3.49. The predicted octanol–water partition coefficient (Wildman–Crippen LogP) is 2.54. The first kappa shape index (κ1) is 19.3. The van der Waals surface area contributed by atoms with E-state index in [4.69, 9.17) is 9.47 Å². The Kier molecular flexibility index (Phi) is 5.71. The average Bonchev–Trinajstić information content (AvgIpc) is 2.74. The molecule has 1 fully saturated rings. The van der Waals surface area contributed by atoms with Crippen molar-refractivity contribution in [1.29, 1.82) is 0 Å². The van der Waals surface area contributed by atoms with Crippen molar-refractivity contribution in [2.75, 3.05) is 38.2 Å². The Morgan fingerprint density at radius 2 is 1.86 bits per heavy atom. The molecule has 0 aliphatic carbocycles. The lowest BCUT2D eigenvalue weighted by atomic mass is 10.2. The van der Waals surface area contributed by atoms with Gasteiger partial charge in [0.2, 0.25) is 5.88 Å². The van der Waals surface area contributed by atoms with Gasteiger partial charge in [-0.15, -0.1) is 0 Å². The third-order valence-corrected chi connectivity index (χ3v) is 4.93. The lowest BCUT2D eigenvalue weighted by molar-refractivity contribution is 0.235. The highest BCUT2D eigenvalue weighted by atomic mass is 16.5. The van der Waals surface area contributed by atoms with Crippen LogP contribution in [0.2, 0.25) is 0 Å². The molecule has 8 nitrogen and oxygen atoms in total. The van der Waals surface area contributed by atoms with Crippen LogP contribution in [0.15, 0.2) is 36.8 Å². The summed E-state index contributed by atoms with van der Waals surface area (Å²) in [6.07, 6.45) is 3.37. The second-order valence-corrected chi connectivity index (χ2v) is 7.34. The Labute approximate surface area is 170 Å². The van der Waals surface area contributed by atoms with Crippen LogP contribution in [-0.4, -0.2) is 64.2 Å². The first-order valence-corrected chi connectivity index (χ1v) is 9.87. The lowest BCUT2D eigenvalue weighted by Gasteiger charge is -2.36. The Bertz CT molecular complexity index is 972. The molecule has 1 aromatic carbocycles. The zero-order chi connectivity index (χ0) is 20.2. The summed E-state index contributed by atoms with van der Waals surface area (Å²) in [7, 11) is 1.59. The highest BCUT2D eigenvalue weighted by Crippen LogP contribution is 2.28. The van der Waals surface area contributed by atoms with Crippen LogP contribution in [-0.2, 0) is 6.54 Å². The number of hydrogen-bond donors (Lipinski definition) is 0. The molecule has 1 aliphatic rings. The van der Waals surface area contributed by atoms with Crippen LogP contribution in [0, 0.1) is 0 Å². The monoisotopic (exact) mass is 394 g/mol. The van der Waals surface area contributed by atoms with E-state index in [-0.39, 0.29) is 6.10 Å². The molecule has 4 rings (SSSR count). The van der Waals surface area contributed by atoms with Gasteiger partial charge in [-0.05, 0) is 38.1 Å². The summed E-state index contributed by atoms with van der Waals surface area (Å²) in [5.74, 6) is 0.642. The van der Waals surface area contributed by atoms with Gasteiger partial charge in [0.1, 0.15) is 6.33 Å². The largest absolute Gasteiger partial charge is 0.474 e. The molecule has 2 aromatic heterocycles. The Hall–Kier alpha value is -3.00. The number of aromatic nitrogens is 4. The van der Waals surface area contributed by atoms with Gasteiger partial charge < -0.3 is 14.4 Å². The molecule has 152 valence electrons. The van der Waals surface area contributed by atoms with Crippen molar-refractivity contribution in [2.45, 2.75) is 26.5 Å². The average molecular weight is 394 g/mol. The van der Waals surface area contributed by atoms with Crippen molar-refractivity contribution in [1.82, 2.24) is 24.8 Å². The summed E-state index contributed by atoms with van der Waals surface area (Å²) in [5.41, 5.74) is 3.05. The summed E-state index contributed by atoms with van der Waals surface area (Å²) < 4.78 is 11.0. The standard InChI is InChI=1S/C21H26N6O2/c1-15(2)29-20-18-12-17(4-5-19(18)23-14-24-20)27-10-8-26(9-11-27)13-16-6-7-22-21(25-16)28-3/h4-7,12,14-15H,8-11,13H2,1-3H3. The molecule has 8 heteroatoms. The SMILES string of the molecule is COc1nccc(CN2CCN(c3ccc4ncnc(OC(C)C)c4c3)CC2)n1. The van der Waals surface area contributed by atoms with Gasteiger partial charge in [-0.3, -0.25) is 4.90 Å². The quantitative estimate of drug-likeness (QED) is 0.631. The van der Waals surface area contributed by atoms with Gasteiger partial charge in [-0.2, -0.15) is 4.98 Å². The Morgan fingerprint density at radius 1 is 1.03 bits per heavy atom. The van der Waals surface area contributed by atoms with E-state index >= 15 is 0 Å². The zero-order valence-corrected chi connectivity index (χ0v) is 17.1. The molecule has 1 saturated heterocycles. The van der Waals surface area contributed by atoms with E-state index < -0.39 is 0 Å². The number of piperazine rings is 1. The fraction of sp³-hybridized carbons (Fsp3) is 0.429. The maximum atomic E-state index is 5.87. The van der Waals surface area contributed by atoms with Crippen molar-refractivity contribution >= 4 is 16.6 Å². The summed E-state index contributed by atoms with van der Waals surface area (Å²) in [6.45, 7) is 8.62. The number of rotatable bonds is 6. The Morgan fingerprint density at radius 3 is 2.62 bits per heavy atom. The Balaban J connectivity index is 1.44. The van der Waals surface area contributed by atoms with Crippen LogP contribution in [0.3, 0.4) is 0 Å². The maximum Gasteiger partial charge on any atom is 0.316 e. The van der Waals surface area contributed by atoms with Crippen molar-refractivity contribution in [2.24, 2.45) is 0 Å². The molecule has 1 aliphatic heterocycles. The van der Waals surface area contributed by atoms with Gasteiger partial charge >= 0.3 is 6.01 Å². The van der Waals surface area contributed by atoms with Gasteiger partial charge in [-0.1, -0.05) is 0 Å². The van der Waals surface area contributed by atoms with Crippen molar-refractivity contribution in [3.63, 3.8) is 0 Å². The first-order chi connectivity index (χ1) is 14.1. The first-order valence-electron chi connectivity index (χ1n) is 9.87. The van der Waals surface area contributed by atoms with Crippen molar-refractivity contribution < 1.29 is 9.47 Å². The van der Waals surface area contributed by atoms with Crippen molar-refractivity contribution in [3.8, 4) is 11.9 Å². The molecule has 0 unspecified atom stereocenters. The number of methoxy groups -OCH3 is 1. The number of hydrogen-bond acceptors (Lipinski definition) is 8. The fourth-order valence-corrected chi connectivity index (χ4v) is 3.49. The highest BCUT2D eigenvalue weighted by molar-refractivity contribution is 5.86. The van der Waals surface area contributed by atoms with Gasteiger partial charge in [-0.25, -0.2) is 15.0 Å². The minimum absolute atomic E-state index is 0.0701. The summed E-state index contributed by atoms with van der Waals surface area (Å²) >= 11 is 0. The lowest BCUT2D eigenvalue weighted by Crippen LogP contribution is -2.46.